The maximum Gasteiger partial charge on any atom is 0.134 e. The first-order valence-electron chi connectivity index (χ1n) is 6.33. The summed E-state index contributed by atoms with van der Waals surface area (Å²) in [4.78, 5) is 8.59. The van der Waals surface area contributed by atoms with E-state index in [0.717, 1.165) is 36.6 Å². The van der Waals surface area contributed by atoms with Crippen LogP contribution >= 0.6 is 0 Å². The minimum atomic E-state index is 0.0567. The highest BCUT2D eigenvalue weighted by molar-refractivity contribution is 5.57. The third kappa shape index (κ3) is 3.88. The van der Waals surface area contributed by atoms with E-state index in [1.54, 1.807) is 6.33 Å². The first-order valence-corrected chi connectivity index (χ1v) is 6.33. The van der Waals surface area contributed by atoms with Crippen LogP contribution in [0.1, 0.15) is 46.1 Å². The number of hydrogen-bond acceptors (Lipinski definition) is 4. The Morgan fingerprint density at radius 2 is 1.82 bits per heavy atom. The first-order chi connectivity index (χ1) is 8.00. The number of hydrogen-bond donors (Lipinski definition) is 2. The molecule has 1 aromatic heterocycles. The molecule has 0 aliphatic carbocycles. The van der Waals surface area contributed by atoms with Crippen molar-refractivity contribution >= 4 is 11.6 Å². The standard InChI is InChI=1S/C13H24N4/c1-6-8-14-11-10(3)12(16-9-15-11)17-13(4,5)7-2/h9H,6-8H2,1-5H3,(H2,14,15,16,17). The van der Waals surface area contributed by atoms with Crippen molar-refractivity contribution in [3.05, 3.63) is 11.9 Å². The van der Waals surface area contributed by atoms with Crippen LogP contribution < -0.4 is 10.6 Å². The van der Waals surface area contributed by atoms with E-state index in [0.29, 0.717) is 0 Å². The molecule has 17 heavy (non-hydrogen) atoms. The molecule has 0 radical (unpaired) electrons. The van der Waals surface area contributed by atoms with Crippen molar-refractivity contribution in [2.75, 3.05) is 17.2 Å². The van der Waals surface area contributed by atoms with Crippen molar-refractivity contribution < 1.29 is 0 Å². The molecule has 0 spiro atoms. The molecule has 0 unspecified atom stereocenters. The van der Waals surface area contributed by atoms with Gasteiger partial charge >= 0.3 is 0 Å². The fourth-order valence-corrected chi connectivity index (χ4v) is 1.41. The quantitative estimate of drug-likeness (QED) is 0.796. The molecule has 0 saturated heterocycles. The number of anilines is 2. The van der Waals surface area contributed by atoms with Crippen molar-refractivity contribution in [2.24, 2.45) is 0 Å². The van der Waals surface area contributed by atoms with Gasteiger partial charge in [0.25, 0.3) is 0 Å². The Hall–Kier alpha value is -1.32. The Kier molecular flexibility index (Phi) is 4.73. The zero-order valence-corrected chi connectivity index (χ0v) is 11.6. The molecule has 1 rings (SSSR count). The molecule has 0 saturated carbocycles. The van der Waals surface area contributed by atoms with Crippen LogP contribution in [-0.2, 0) is 0 Å². The molecular weight excluding hydrogens is 212 g/mol. The Morgan fingerprint density at radius 3 is 2.41 bits per heavy atom. The van der Waals surface area contributed by atoms with E-state index in [1.165, 1.54) is 0 Å². The number of aromatic nitrogens is 2. The van der Waals surface area contributed by atoms with Gasteiger partial charge in [-0.25, -0.2) is 9.97 Å². The Bertz CT molecular complexity index is 360. The summed E-state index contributed by atoms with van der Waals surface area (Å²) in [5, 5.41) is 6.78. The smallest absolute Gasteiger partial charge is 0.134 e. The normalized spacial score (nSPS) is 11.4. The van der Waals surface area contributed by atoms with E-state index >= 15 is 0 Å². The number of rotatable bonds is 6. The first kappa shape index (κ1) is 13.7. The molecule has 0 aliphatic heterocycles. The maximum absolute atomic E-state index is 4.32. The van der Waals surface area contributed by atoms with Gasteiger partial charge in [-0.05, 0) is 33.6 Å². The lowest BCUT2D eigenvalue weighted by atomic mass is 10.0. The van der Waals surface area contributed by atoms with Crippen LogP contribution in [0.15, 0.2) is 6.33 Å². The number of nitrogens with one attached hydrogen (secondary N) is 2. The minimum absolute atomic E-state index is 0.0567. The van der Waals surface area contributed by atoms with Crippen molar-refractivity contribution in [2.45, 2.75) is 53.0 Å². The van der Waals surface area contributed by atoms with Gasteiger partial charge in [0.1, 0.15) is 18.0 Å². The van der Waals surface area contributed by atoms with Crippen LogP contribution in [0.3, 0.4) is 0 Å². The van der Waals surface area contributed by atoms with Crippen LogP contribution in [0.25, 0.3) is 0 Å². The zero-order valence-electron chi connectivity index (χ0n) is 11.6. The van der Waals surface area contributed by atoms with Crippen LogP contribution in [0.5, 0.6) is 0 Å². The lowest BCUT2D eigenvalue weighted by molar-refractivity contribution is 0.544. The Balaban J connectivity index is 2.86. The van der Waals surface area contributed by atoms with Gasteiger partial charge in [-0.3, -0.25) is 0 Å². The highest BCUT2D eigenvalue weighted by Gasteiger charge is 2.17. The minimum Gasteiger partial charge on any atom is -0.370 e. The molecule has 2 N–H and O–H groups in total. The van der Waals surface area contributed by atoms with Crippen molar-refractivity contribution in [1.82, 2.24) is 9.97 Å². The second kappa shape index (κ2) is 5.84. The van der Waals surface area contributed by atoms with E-state index in [2.05, 4.69) is 48.3 Å². The van der Waals surface area contributed by atoms with Crippen LogP contribution in [0.4, 0.5) is 11.6 Å². The summed E-state index contributed by atoms with van der Waals surface area (Å²) in [5.74, 6) is 1.85. The Labute approximate surface area is 104 Å². The molecule has 1 heterocycles. The molecule has 0 atom stereocenters. The summed E-state index contributed by atoms with van der Waals surface area (Å²) in [5.41, 5.74) is 1.14. The largest absolute Gasteiger partial charge is 0.370 e. The predicted molar refractivity (Wildman–Crippen MR) is 73.5 cm³/mol. The molecule has 0 fully saturated rings. The number of nitrogens with zero attached hydrogens (tertiary/aromatic N) is 2. The van der Waals surface area contributed by atoms with E-state index in [1.807, 2.05) is 6.92 Å². The SMILES string of the molecule is CCCNc1ncnc(NC(C)(C)CC)c1C. The Morgan fingerprint density at radius 1 is 1.18 bits per heavy atom. The predicted octanol–water partition coefficient (Wildman–Crippen LogP) is 3.21. The fourth-order valence-electron chi connectivity index (χ4n) is 1.41. The van der Waals surface area contributed by atoms with E-state index < -0.39 is 0 Å². The van der Waals surface area contributed by atoms with Gasteiger partial charge < -0.3 is 10.6 Å². The maximum atomic E-state index is 4.32. The molecule has 4 heteroatoms. The summed E-state index contributed by atoms with van der Waals surface area (Å²) in [6.45, 7) is 11.6. The van der Waals surface area contributed by atoms with Gasteiger partial charge in [0, 0.05) is 17.6 Å². The van der Waals surface area contributed by atoms with Gasteiger partial charge in [-0.2, -0.15) is 0 Å². The van der Waals surface area contributed by atoms with Gasteiger partial charge in [-0.15, -0.1) is 0 Å². The van der Waals surface area contributed by atoms with Crippen LogP contribution in [0, 0.1) is 6.92 Å². The van der Waals surface area contributed by atoms with E-state index in [9.17, 15) is 0 Å². The van der Waals surface area contributed by atoms with Crippen LogP contribution in [0.2, 0.25) is 0 Å². The van der Waals surface area contributed by atoms with E-state index in [-0.39, 0.29) is 5.54 Å². The lowest BCUT2D eigenvalue weighted by Crippen LogP contribution is -2.30. The molecular formula is C13H24N4. The third-order valence-corrected chi connectivity index (χ3v) is 2.97. The van der Waals surface area contributed by atoms with Gasteiger partial charge in [0.2, 0.25) is 0 Å². The second-order valence-electron chi connectivity index (χ2n) is 4.99. The fraction of sp³-hybridized carbons (Fsp3) is 0.692. The van der Waals surface area contributed by atoms with Gasteiger partial charge in [-0.1, -0.05) is 13.8 Å². The summed E-state index contributed by atoms with van der Waals surface area (Å²) < 4.78 is 0. The molecule has 1 aromatic rings. The molecule has 0 aromatic carbocycles. The topological polar surface area (TPSA) is 49.8 Å². The molecule has 96 valence electrons. The molecule has 0 bridgehead atoms. The summed E-state index contributed by atoms with van der Waals surface area (Å²) in [6, 6.07) is 0. The van der Waals surface area contributed by atoms with E-state index in [4.69, 9.17) is 0 Å². The molecule has 0 aliphatic rings. The van der Waals surface area contributed by atoms with Crippen molar-refractivity contribution in [3.8, 4) is 0 Å². The van der Waals surface area contributed by atoms with Crippen LogP contribution in [-0.4, -0.2) is 22.1 Å². The highest BCUT2D eigenvalue weighted by atomic mass is 15.1. The summed E-state index contributed by atoms with van der Waals surface area (Å²) in [7, 11) is 0. The average Bonchev–Trinajstić information content (AvgIpc) is 2.30. The van der Waals surface area contributed by atoms with Gasteiger partial charge in [0.15, 0.2) is 0 Å². The molecule has 0 amide bonds. The summed E-state index contributed by atoms with van der Waals surface area (Å²) >= 11 is 0. The second-order valence-corrected chi connectivity index (χ2v) is 4.99. The molecule has 4 nitrogen and oxygen atoms in total. The third-order valence-electron chi connectivity index (χ3n) is 2.97. The zero-order chi connectivity index (χ0) is 12.9. The average molecular weight is 236 g/mol. The summed E-state index contributed by atoms with van der Waals surface area (Å²) in [6.07, 6.45) is 3.75. The monoisotopic (exact) mass is 236 g/mol. The van der Waals surface area contributed by atoms with Crippen molar-refractivity contribution in [1.29, 1.82) is 0 Å². The van der Waals surface area contributed by atoms with Crippen molar-refractivity contribution in [3.63, 3.8) is 0 Å². The highest BCUT2D eigenvalue weighted by Crippen LogP contribution is 2.22. The van der Waals surface area contributed by atoms with Gasteiger partial charge in [0.05, 0.1) is 0 Å². The lowest BCUT2D eigenvalue weighted by Gasteiger charge is -2.26.